The predicted molar refractivity (Wildman–Crippen MR) is 110 cm³/mol. The summed E-state index contributed by atoms with van der Waals surface area (Å²) in [4.78, 5) is 27.4. The van der Waals surface area contributed by atoms with Crippen LogP contribution in [0.3, 0.4) is 0 Å². The molecule has 1 saturated heterocycles. The summed E-state index contributed by atoms with van der Waals surface area (Å²) < 4.78 is 5.32. The Morgan fingerprint density at radius 1 is 0.964 bits per heavy atom. The Bertz CT molecular complexity index is 824. The first-order chi connectivity index (χ1) is 13.5. The van der Waals surface area contributed by atoms with Crippen LogP contribution in [-0.4, -0.2) is 56.1 Å². The van der Waals surface area contributed by atoms with Gasteiger partial charge >= 0.3 is 0 Å². The average molecular weight is 381 g/mol. The third-order valence-electron chi connectivity index (χ3n) is 4.92. The van der Waals surface area contributed by atoms with Gasteiger partial charge in [-0.1, -0.05) is 24.3 Å². The van der Waals surface area contributed by atoms with Gasteiger partial charge in [0.25, 0.3) is 11.8 Å². The lowest BCUT2D eigenvalue weighted by Crippen LogP contribution is -2.41. The van der Waals surface area contributed by atoms with E-state index in [1.54, 1.807) is 24.3 Å². The molecule has 2 aromatic carbocycles. The van der Waals surface area contributed by atoms with Crippen molar-refractivity contribution in [2.45, 2.75) is 13.8 Å². The van der Waals surface area contributed by atoms with E-state index in [0.717, 1.165) is 49.7 Å². The van der Waals surface area contributed by atoms with E-state index in [0.29, 0.717) is 17.7 Å². The molecule has 0 spiro atoms. The molecule has 1 aliphatic rings. The molecule has 148 valence electrons. The Morgan fingerprint density at radius 3 is 2.25 bits per heavy atom. The highest BCUT2D eigenvalue weighted by Crippen LogP contribution is 2.20. The molecule has 3 rings (SSSR count). The molecule has 0 saturated carbocycles. The van der Waals surface area contributed by atoms with Crippen molar-refractivity contribution >= 4 is 17.5 Å². The number of para-hydroxylation sites is 1. The van der Waals surface area contributed by atoms with Crippen LogP contribution in [0.5, 0.6) is 0 Å². The van der Waals surface area contributed by atoms with E-state index in [9.17, 15) is 9.59 Å². The van der Waals surface area contributed by atoms with E-state index in [2.05, 4.69) is 15.5 Å². The number of hydrogen-bond acceptors (Lipinski definition) is 4. The summed E-state index contributed by atoms with van der Waals surface area (Å²) >= 11 is 0. The summed E-state index contributed by atoms with van der Waals surface area (Å²) in [5, 5.41) is 5.89. The molecule has 0 aliphatic carbocycles. The van der Waals surface area contributed by atoms with Crippen molar-refractivity contribution in [1.29, 1.82) is 0 Å². The number of hydrogen-bond donors (Lipinski definition) is 2. The van der Waals surface area contributed by atoms with Crippen molar-refractivity contribution in [3.05, 3.63) is 64.7 Å². The maximum atomic E-state index is 12.7. The molecule has 0 atom stereocenters. The minimum Gasteiger partial charge on any atom is -0.379 e. The maximum absolute atomic E-state index is 12.7. The first kappa shape index (κ1) is 20.0. The molecule has 6 nitrogen and oxygen atoms in total. The first-order valence-corrected chi connectivity index (χ1v) is 9.60. The number of ether oxygens (including phenoxy) is 1. The van der Waals surface area contributed by atoms with E-state index in [1.165, 1.54) is 0 Å². The summed E-state index contributed by atoms with van der Waals surface area (Å²) in [6, 6.07) is 12.7. The number of carbonyl (C=O) groups is 2. The zero-order chi connectivity index (χ0) is 19.9. The summed E-state index contributed by atoms with van der Waals surface area (Å²) in [7, 11) is 0. The van der Waals surface area contributed by atoms with Gasteiger partial charge in [-0.25, -0.2) is 0 Å². The topological polar surface area (TPSA) is 70.7 Å². The van der Waals surface area contributed by atoms with Crippen molar-refractivity contribution < 1.29 is 14.3 Å². The molecule has 2 aromatic rings. The van der Waals surface area contributed by atoms with Gasteiger partial charge in [-0.3, -0.25) is 14.5 Å². The molecule has 1 heterocycles. The first-order valence-electron chi connectivity index (χ1n) is 9.60. The Kier molecular flexibility index (Phi) is 6.79. The van der Waals surface area contributed by atoms with Crippen LogP contribution < -0.4 is 10.6 Å². The predicted octanol–water partition coefficient (Wildman–Crippen LogP) is 2.62. The number of nitrogens with one attached hydrogen (secondary N) is 2. The van der Waals surface area contributed by atoms with Gasteiger partial charge < -0.3 is 15.4 Å². The number of morpholine rings is 1. The van der Waals surface area contributed by atoms with Gasteiger partial charge in [0.1, 0.15) is 0 Å². The molecule has 0 aromatic heterocycles. The number of anilines is 1. The van der Waals surface area contributed by atoms with Gasteiger partial charge in [0.15, 0.2) is 0 Å². The summed E-state index contributed by atoms with van der Waals surface area (Å²) in [5.41, 5.74) is 3.77. The molecular formula is C22H27N3O3. The van der Waals surface area contributed by atoms with Crippen LogP contribution in [0.4, 0.5) is 5.69 Å². The lowest BCUT2D eigenvalue weighted by Gasteiger charge is -2.26. The Balaban J connectivity index is 1.59. The van der Waals surface area contributed by atoms with Gasteiger partial charge in [-0.05, 0) is 43.2 Å². The molecule has 1 fully saturated rings. The number of benzene rings is 2. The highest BCUT2D eigenvalue weighted by atomic mass is 16.5. The second-order valence-electron chi connectivity index (χ2n) is 7.01. The van der Waals surface area contributed by atoms with Crippen LogP contribution >= 0.6 is 0 Å². The average Bonchev–Trinajstić information content (AvgIpc) is 2.71. The number of rotatable bonds is 6. The zero-order valence-corrected chi connectivity index (χ0v) is 16.5. The van der Waals surface area contributed by atoms with Gasteiger partial charge in [0, 0.05) is 43.0 Å². The Labute approximate surface area is 165 Å². The lowest BCUT2D eigenvalue weighted by molar-refractivity contribution is 0.0383. The Hall–Kier alpha value is -2.70. The molecule has 2 N–H and O–H groups in total. The fourth-order valence-electron chi connectivity index (χ4n) is 3.25. The summed E-state index contributed by atoms with van der Waals surface area (Å²) in [6.45, 7) is 8.55. The largest absolute Gasteiger partial charge is 0.379 e. The highest BCUT2D eigenvalue weighted by molar-refractivity contribution is 6.06. The second kappa shape index (κ2) is 9.48. The maximum Gasteiger partial charge on any atom is 0.255 e. The van der Waals surface area contributed by atoms with Gasteiger partial charge in [-0.2, -0.15) is 0 Å². The molecule has 1 aliphatic heterocycles. The normalized spacial score (nSPS) is 14.5. The summed E-state index contributed by atoms with van der Waals surface area (Å²) in [6.07, 6.45) is 0. The molecule has 0 radical (unpaired) electrons. The van der Waals surface area contributed by atoms with E-state index in [1.807, 2.05) is 32.0 Å². The molecule has 0 unspecified atom stereocenters. The van der Waals surface area contributed by atoms with Crippen molar-refractivity contribution in [1.82, 2.24) is 10.2 Å². The molecule has 6 heteroatoms. The molecular weight excluding hydrogens is 354 g/mol. The van der Waals surface area contributed by atoms with Crippen molar-refractivity contribution in [2.75, 3.05) is 44.7 Å². The van der Waals surface area contributed by atoms with Gasteiger partial charge in [0.05, 0.1) is 13.2 Å². The molecule has 0 bridgehead atoms. The van der Waals surface area contributed by atoms with Crippen molar-refractivity contribution in [3.8, 4) is 0 Å². The van der Waals surface area contributed by atoms with Crippen molar-refractivity contribution in [2.24, 2.45) is 0 Å². The van der Waals surface area contributed by atoms with E-state index in [-0.39, 0.29) is 11.8 Å². The standard InChI is InChI=1S/C22H27N3O3/c1-16-5-3-6-17(2)20(16)24-22(27)19-8-4-7-18(15-19)21(26)23-9-10-25-11-13-28-14-12-25/h3-8,15H,9-14H2,1-2H3,(H,23,26)(H,24,27). The van der Waals surface area contributed by atoms with Gasteiger partial charge in [-0.15, -0.1) is 0 Å². The van der Waals surface area contributed by atoms with E-state index < -0.39 is 0 Å². The van der Waals surface area contributed by atoms with E-state index >= 15 is 0 Å². The highest BCUT2D eigenvalue weighted by Gasteiger charge is 2.14. The van der Waals surface area contributed by atoms with Crippen LogP contribution in [0.15, 0.2) is 42.5 Å². The zero-order valence-electron chi connectivity index (χ0n) is 16.5. The van der Waals surface area contributed by atoms with Crippen LogP contribution in [0, 0.1) is 13.8 Å². The third-order valence-corrected chi connectivity index (χ3v) is 4.92. The van der Waals surface area contributed by atoms with E-state index in [4.69, 9.17) is 4.74 Å². The number of amides is 2. The van der Waals surface area contributed by atoms with Gasteiger partial charge in [0.2, 0.25) is 0 Å². The fraction of sp³-hybridized carbons (Fsp3) is 0.364. The second-order valence-corrected chi connectivity index (χ2v) is 7.01. The minimum atomic E-state index is -0.222. The van der Waals surface area contributed by atoms with Crippen molar-refractivity contribution in [3.63, 3.8) is 0 Å². The number of aryl methyl sites for hydroxylation is 2. The number of carbonyl (C=O) groups excluding carboxylic acids is 2. The minimum absolute atomic E-state index is 0.171. The monoisotopic (exact) mass is 381 g/mol. The Morgan fingerprint density at radius 2 is 1.57 bits per heavy atom. The van der Waals surface area contributed by atoms with Crippen LogP contribution in [0.2, 0.25) is 0 Å². The fourth-order valence-corrected chi connectivity index (χ4v) is 3.25. The molecule has 2 amide bonds. The van der Waals surface area contributed by atoms with Crippen LogP contribution in [0.1, 0.15) is 31.8 Å². The third kappa shape index (κ3) is 5.18. The summed E-state index contributed by atoms with van der Waals surface area (Å²) in [5.74, 6) is -0.393. The lowest BCUT2D eigenvalue weighted by atomic mass is 10.1. The SMILES string of the molecule is Cc1cccc(C)c1NC(=O)c1cccc(C(=O)NCCN2CCOCC2)c1. The number of nitrogens with zero attached hydrogens (tertiary/aromatic N) is 1. The smallest absolute Gasteiger partial charge is 0.255 e. The molecule has 28 heavy (non-hydrogen) atoms. The van der Waals surface area contributed by atoms with Crippen LogP contribution in [0.25, 0.3) is 0 Å². The van der Waals surface area contributed by atoms with Crippen LogP contribution in [-0.2, 0) is 4.74 Å². The quantitative estimate of drug-likeness (QED) is 0.807.